The minimum atomic E-state index is -0.442. The van der Waals surface area contributed by atoms with E-state index in [0.29, 0.717) is 34.8 Å². The summed E-state index contributed by atoms with van der Waals surface area (Å²) in [7, 11) is 0. The second-order valence-corrected chi connectivity index (χ2v) is 7.27. The van der Waals surface area contributed by atoms with Gasteiger partial charge in [0.1, 0.15) is 11.3 Å². The molecule has 0 saturated carbocycles. The van der Waals surface area contributed by atoms with Gasteiger partial charge in [-0.3, -0.25) is 9.59 Å². The van der Waals surface area contributed by atoms with Crippen LogP contribution in [0.25, 0.3) is 22.5 Å². The highest BCUT2D eigenvalue weighted by molar-refractivity contribution is 5.93. The van der Waals surface area contributed by atoms with Gasteiger partial charge in [-0.05, 0) is 68.3 Å². The number of nitrogens with one attached hydrogen (secondary N) is 1. The summed E-state index contributed by atoms with van der Waals surface area (Å²) in [6.07, 6.45) is 1.47. The number of carbonyl (C=O) groups is 1. The van der Waals surface area contributed by atoms with Crippen LogP contribution in [0.5, 0.6) is 11.5 Å². The predicted octanol–water partition coefficient (Wildman–Crippen LogP) is 5.09. The SMILES string of the molecule is CCOc1ccccc1NC(=O)COc1c(-c2ccco2)oc2cc(C)c(C)cc2c1=O. The third-order valence-corrected chi connectivity index (χ3v) is 5.02. The average Bonchev–Trinajstić information content (AvgIpc) is 3.31. The molecule has 4 rings (SSSR count). The lowest BCUT2D eigenvalue weighted by molar-refractivity contribution is -0.118. The standard InChI is InChI=1S/C25H23NO6/c1-4-29-19-9-6-5-8-18(19)26-22(27)14-31-25-23(28)17-12-15(2)16(3)13-21(17)32-24(25)20-10-7-11-30-20/h5-13H,4,14H2,1-3H3,(H,26,27). The molecule has 0 radical (unpaired) electrons. The molecule has 0 fully saturated rings. The number of amides is 1. The van der Waals surface area contributed by atoms with Crippen LogP contribution in [0.15, 0.2) is 68.4 Å². The lowest BCUT2D eigenvalue weighted by atomic mass is 10.1. The number of hydrogen-bond acceptors (Lipinski definition) is 6. The molecule has 4 aromatic rings. The molecule has 0 unspecified atom stereocenters. The van der Waals surface area contributed by atoms with Crippen molar-refractivity contribution in [2.45, 2.75) is 20.8 Å². The first-order valence-electron chi connectivity index (χ1n) is 10.2. The normalized spacial score (nSPS) is 10.8. The highest BCUT2D eigenvalue weighted by Crippen LogP contribution is 2.32. The van der Waals surface area contributed by atoms with Crippen LogP contribution < -0.4 is 20.2 Å². The maximum absolute atomic E-state index is 13.2. The molecule has 0 bridgehead atoms. The van der Waals surface area contributed by atoms with Crippen LogP contribution in [0.2, 0.25) is 0 Å². The fourth-order valence-electron chi connectivity index (χ4n) is 3.31. The van der Waals surface area contributed by atoms with E-state index in [-0.39, 0.29) is 16.9 Å². The van der Waals surface area contributed by atoms with Crippen LogP contribution in [0.4, 0.5) is 5.69 Å². The van der Waals surface area contributed by atoms with E-state index in [0.717, 1.165) is 11.1 Å². The van der Waals surface area contributed by atoms with Gasteiger partial charge in [0.05, 0.1) is 23.9 Å². The summed E-state index contributed by atoms with van der Waals surface area (Å²) in [5.41, 5.74) is 2.51. The number of para-hydroxylation sites is 2. The van der Waals surface area contributed by atoms with Gasteiger partial charge in [0.25, 0.3) is 5.91 Å². The van der Waals surface area contributed by atoms with Crippen LogP contribution in [0, 0.1) is 13.8 Å². The molecular formula is C25H23NO6. The summed E-state index contributed by atoms with van der Waals surface area (Å²) in [4.78, 5) is 25.8. The number of hydrogen-bond donors (Lipinski definition) is 1. The molecule has 7 nitrogen and oxygen atoms in total. The zero-order chi connectivity index (χ0) is 22.7. The maximum atomic E-state index is 13.2. The zero-order valence-electron chi connectivity index (χ0n) is 18.1. The molecule has 0 aliphatic rings. The fourth-order valence-corrected chi connectivity index (χ4v) is 3.31. The number of benzene rings is 2. The number of furan rings is 1. The molecule has 1 amide bonds. The second-order valence-electron chi connectivity index (χ2n) is 7.27. The Morgan fingerprint density at radius 3 is 2.56 bits per heavy atom. The molecule has 2 aromatic heterocycles. The van der Waals surface area contributed by atoms with Gasteiger partial charge >= 0.3 is 0 Å². The van der Waals surface area contributed by atoms with E-state index in [4.69, 9.17) is 18.3 Å². The Kier molecular flexibility index (Phi) is 5.98. The van der Waals surface area contributed by atoms with Crippen LogP contribution in [-0.4, -0.2) is 19.1 Å². The van der Waals surface area contributed by atoms with E-state index >= 15 is 0 Å². The maximum Gasteiger partial charge on any atom is 0.262 e. The van der Waals surface area contributed by atoms with Crippen molar-refractivity contribution in [3.05, 3.63) is 76.1 Å². The molecule has 2 heterocycles. The van der Waals surface area contributed by atoms with E-state index in [1.165, 1.54) is 6.26 Å². The van der Waals surface area contributed by atoms with E-state index in [1.54, 1.807) is 42.5 Å². The van der Waals surface area contributed by atoms with Gasteiger partial charge in [-0.15, -0.1) is 0 Å². The monoisotopic (exact) mass is 433 g/mol. The number of anilines is 1. The van der Waals surface area contributed by atoms with Crippen molar-refractivity contribution in [3.63, 3.8) is 0 Å². The summed E-state index contributed by atoms with van der Waals surface area (Å²) in [5.74, 6) is 0.499. The zero-order valence-corrected chi connectivity index (χ0v) is 18.1. The van der Waals surface area contributed by atoms with Gasteiger partial charge in [-0.25, -0.2) is 0 Å². The summed E-state index contributed by atoms with van der Waals surface area (Å²) < 4.78 is 22.6. The first-order chi connectivity index (χ1) is 15.5. The Bertz CT molecular complexity index is 1320. The summed E-state index contributed by atoms with van der Waals surface area (Å²) in [6.45, 7) is 5.79. The Morgan fingerprint density at radius 2 is 1.81 bits per heavy atom. The van der Waals surface area contributed by atoms with Gasteiger partial charge in [-0.1, -0.05) is 12.1 Å². The summed E-state index contributed by atoms with van der Waals surface area (Å²) >= 11 is 0. The first-order valence-corrected chi connectivity index (χ1v) is 10.2. The third kappa shape index (κ3) is 4.23. The van der Waals surface area contributed by atoms with Gasteiger partial charge in [0.15, 0.2) is 12.4 Å². The molecule has 7 heteroatoms. The number of rotatable bonds is 7. The lowest BCUT2D eigenvalue weighted by Gasteiger charge is -2.13. The Balaban J connectivity index is 1.66. The Morgan fingerprint density at radius 1 is 1.03 bits per heavy atom. The van der Waals surface area contributed by atoms with Gasteiger partial charge in [0.2, 0.25) is 16.9 Å². The van der Waals surface area contributed by atoms with Crippen molar-refractivity contribution in [2.75, 3.05) is 18.5 Å². The molecule has 2 aromatic carbocycles. The molecule has 0 aliphatic carbocycles. The second kappa shape index (κ2) is 9.01. The lowest BCUT2D eigenvalue weighted by Crippen LogP contribution is -2.23. The smallest absolute Gasteiger partial charge is 0.262 e. The van der Waals surface area contributed by atoms with Crippen LogP contribution in [-0.2, 0) is 4.79 Å². The van der Waals surface area contributed by atoms with Crippen molar-refractivity contribution >= 4 is 22.6 Å². The number of fused-ring (bicyclic) bond motifs is 1. The summed E-state index contributed by atoms with van der Waals surface area (Å²) in [5, 5.41) is 3.12. The Hall–Kier alpha value is -4.00. The molecule has 32 heavy (non-hydrogen) atoms. The highest BCUT2D eigenvalue weighted by atomic mass is 16.5. The molecule has 0 spiro atoms. The van der Waals surface area contributed by atoms with E-state index < -0.39 is 12.5 Å². The van der Waals surface area contributed by atoms with Crippen molar-refractivity contribution in [3.8, 4) is 23.0 Å². The van der Waals surface area contributed by atoms with E-state index in [9.17, 15) is 9.59 Å². The van der Waals surface area contributed by atoms with Crippen molar-refractivity contribution in [2.24, 2.45) is 0 Å². The number of aryl methyl sites for hydroxylation is 2. The van der Waals surface area contributed by atoms with Gasteiger partial charge in [0, 0.05) is 0 Å². The minimum absolute atomic E-state index is 0.0797. The summed E-state index contributed by atoms with van der Waals surface area (Å²) in [6, 6.07) is 14.0. The molecule has 0 aliphatic heterocycles. The van der Waals surface area contributed by atoms with Crippen LogP contribution >= 0.6 is 0 Å². The average molecular weight is 433 g/mol. The van der Waals surface area contributed by atoms with Crippen LogP contribution in [0.1, 0.15) is 18.1 Å². The minimum Gasteiger partial charge on any atom is -0.492 e. The largest absolute Gasteiger partial charge is 0.492 e. The molecule has 164 valence electrons. The van der Waals surface area contributed by atoms with E-state index in [1.807, 2.05) is 26.8 Å². The highest BCUT2D eigenvalue weighted by Gasteiger charge is 2.21. The third-order valence-electron chi connectivity index (χ3n) is 5.02. The van der Waals surface area contributed by atoms with Crippen LogP contribution in [0.3, 0.4) is 0 Å². The molecule has 1 N–H and O–H groups in total. The van der Waals surface area contributed by atoms with Crippen molar-refractivity contribution in [1.29, 1.82) is 0 Å². The number of carbonyl (C=O) groups excluding carboxylic acids is 1. The Labute approximate surface area is 184 Å². The van der Waals surface area contributed by atoms with Crippen molar-refractivity contribution in [1.82, 2.24) is 0 Å². The first kappa shape index (κ1) is 21.2. The predicted molar refractivity (Wildman–Crippen MR) is 121 cm³/mol. The topological polar surface area (TPSA) is 90.9 Å². The van der Waals surface area contributed by atoms with Gasteiger partial charge in [-0.2, -0.15) is 0 Å². The fraction of sp³-hybridized carbons (Fsp3) is 0.200. The number of ether oxygens (including phenoxy) is 2. The molecular weight excluding hydrogens is 410 g/mol. The quantitative estimate of drug-likeness (QED) is 0.437. The molecule has 0 saturated heterocycles. The van der Waals surface area contributed by atoms with Gasteiger partial charge < -0.3 is 23.6 Å². The van der Waals surface area contributed by atoms with E-state index in [2.05, 4.69) is 5.32 Å². The molecule has 0 atom stereocenters. The van der Waals surface area contributed by atoms with Crippen molar-refractivity contribution < 1.29 is 23.1 Å².